The lowest BCUT2D eigenvalue weighted by molar-refractivity contribution is -0.275. The minimum Gasteiger partial charge on any atom is -0.403 e. The number of sulfonamides is 1. The third-order valence-corrected chi connectivity index (χ3v) is 2.39. The van der Waals surface area contributed by atoms with Gasteiger partial charge in [0, 0.05) is 0 Å². The Balaban J connectivity index is 3.25. The van der Waals surface area contributed by atoms with Gasteiger partial charge < -0.3 is 4.74 Å². The third kappa shape index (κ3) is 3.07. The molecule has 0 radical (unpaired) electrons. The van der Waals surface area contributed by atoms with E-state index in [1.165, 1.54) is 0 Å². The molecule has 90 valence electrons. The maximum atomic E-state index is 13.2. The molecule has 9 heteroatoms. The molecule has 4 nitrogen and oxygen atoms in total. The lowest BCUT2D eigenvalue weighted by atomic mass is 10.3. The first kappa shape index (κ1) is 12.7. The van der Waals surface area contributed by atoms with Gasteiger partial charge in [0.2, 0.25) is 10.0 Å². The van der Waals surface area contributed by atoms with Gasteiger partial charge in [-0.15, -0.1) is 13.2 Å². The molecule has 0 heterocycles. The number of hydrogen-bond donors (Lipinski definition) is 1. The van der Waals surface area contributed by atoms with Crippen LogP contribution in [0.4, 0.5) is 17.6 Å². The summed E-state index contributed by atoms with van der Waals surface area (Å²) in [6, 6.07) is 2.25. The number of benzene rings is 1. The molecule has 0 bridgehead atoms. The maximum absolute atomic E-state index is 13.2. The summed E-state index contributed by atoms with van der Waals surface area (Å²) in [5.41, 5.74) is 0. The lowest BCUT2D eigenvalue weighted by Gasteiger charge is -2.10. The molecule has 1 rings (SSSR count). The largest absolute Gasteiger partial charge is 0.573 e. The van der Waals surface area contributed by atoms with Crippen molar-refractivity contribution in [1.82, 2.24) is 0 Å². The highest BCUT2D eigenvalue weighted by molar-refractivity contribution is 7.89. The van der Waals surface area contributed by atoms with Crippen molar-refractivity contribution in [2.75, 3.05) is 0 Å². The van der Waals surface area contributed by atoms with Crippen molar-refractivity contribution in [2.45, 2.75) is 11.3 Å². The summed E-state index contributed by atoms with van der Waals surface area (Å²) >= 11 is 0. The monoisotopic (exact) mass is 259 g/mol. The van der Waals surface area contributed by atoms with Crippen LogP contribution in [0.3, 0.4) is 0 Å². The van der Waals surface area contributed by atoms with Crippen LogP contribution in [0.1, 0.15) is 0 Å². The summed E-state index contributed by atoms with van der Waals surface area (Å²) < 4.78 is 73.4. The fraction of sp³-hybridized carbons (Fsp3) is 0.143. The van der Waals surface area contributed by atoms with E-state index >= 15 is 0 Å². The number of alkyl halides is 3. The first-order valence-electron chi connectivity index (χ1n) is 3.68. The average molecular weight is 259 g/mol. The van der Waals surface area contributed by atoms with Crippen molar-refractivity contribution >= 4 is 10.0 Å². The number of ether oxygens (including phenoxy) is 1. The summed E-state index contributed by atoms with van der Waals surface area (Å²) in [6.45, 7) is 0. The van der Waals surface area contributed by atoms with E-state index in [0.717, 1.165) is 12.1 Å². The van der Waals surface area contributed by atoms with Gasteiger partial charge in [0.1, 0.15) is 4.90 Å². The molecule has 0 spiro atoms. The first-order valence-corrected chi connectivity index (χ1v) is 5.23. The van der Waals surface area contributed by atoms with Gasteiger partial charge >= 0.3 is 6.36 Å². The molecular formula is C7H5F4NO3S. The van der Waals surface area contributed by atoms with Gasteiger partial charge in [-0.25, -0.2) is 17.9 Å². The highest BCUT2D eigenvalue weighted by atomic mass is 32.2. The van der Waals surface area contributed by atoms with Crippen molar-refractivity contribution in [1.29, 1.82) is 0 Å². The second-order valence-electron chi connectivity index (χ2n) is 2.66. The second kappa shape index (κ2) is 3.91. The van der Waals surface area contributed by atoms with Crippen LogP contribution in [0.25, 0.3) is 0 Å². The van der Waals surface area contributed by atoms with Crippen molar-refractivity contribution in [3.63, 3.8) is 0 Å². The van der Waals surface area contributed by atoms with Gasteiger partial charge in [-0.05, 0) is 12.1 Å². The topological polar surface area (TPSA) is 69.4 Å². The molecule has 0 amide bonds. The van der Waals surface area contributed by atoms with E-state index in [0.29, 0.717) is 6.07 Å². The zero-order valence-electron chi connectivity index (χ0n) is 7.45. The van der Waals surface area contributed by atoms with Crippen LogP contribution in [0.15, 0.2) is 23.1 Å². The Kier molecular flexibility index (Phi) is 3.10. The van der Waals surface area contributed by atoms with Gasteiger partial charge in [0.25, 0.3) is 0 Å². The van der Waals surface area contributed by atoms with Crippen LogP contribution in [0, 0.1) is 5.82 Å². The van der Waals surface area contributed by atoms with Gasteiger partial charge in [0.15, 0.2) is 11.6 Å². The predicted molar refractivity (Wildman–Crippen MR) is 44.5 cm³/mol. The summed E-state index contributed by atoms with van der Waals surface area (Å²) in [4.78, 5) is -1.06. The minimum atomic E-state index is -5.11. The van der Waals surface area contributed by atoms with E-state index in [-0.39, 0.29) is 0 Å². The molecule has 0 aliphatic heterocycles. The Morgan fingerprint density at radius 1 is 1.25 bits per heavy atom. The molecule has 0 saturated carbocycles. The highest BCUT2D eigenvalue weighted by Gasteiger charge is 2.33. The van der Waals surface area contributed by atoms with E-state index < -0.39 is 32.8 Å². The smallest absolute Gasteiger partial charge is 0.403 e. The van der Waals surface area contributed by atoms with Crippen LogP contribution in [-0.4, -0.2) is 14.8 Å². The van der Waals surface area contributed by atoms with Crippen molar-refractivity contribution in [3.8, 4) is 5.75 Å². The number of rotatable bonds is 2. The molecule has 1 aromatic rings. The Morgan fingerprint density at radius 2 is 1.81 bits per heavy atom. The van der Waals surface area contributed by atoms with Crippen molar-refractivity contribution in [3.05, 3.63) is 24.0 Å². The molecule has 16 heavy (non-hydrogen) atoms. The number of primary sulfonamides is 1. The van der Waals surface area contributed by atoms with Crippen molar-refractivity contribution in [2.24, 2.45) is 5.14 Å². The molecule has 0 aliphatic carbocycles. The van der Waals surface area contributed by atoms with Crippen LogP contribution in [-0.2, 0) is 10.0 Å². The molecule has 2 N–H and O–H groups in total. The summed E-state index contributed by atoms with van der Waals surface area (Å²) in [5.74, 6) is -2.93. The molecular weight excluding hydrogens is 254 g/mol. The maximum Gasteiger partial charge on any atom is 0.573 e. The molecule has 0 aliphatic rings. The van der Waals surface area contributed by atoms with Crippen LogP contribution < -0.4 is 9.88 Å². The average Bonchev–Trinajstić information content (AvgIpc) is 2.04. The van der Waals surface area contributed by atoms with Crippen molar-refractivity contribution < 1.29 is 30.7 Å². The van der Waals surface area contributed by atoms with E-state index in [9.17, 15) is 26.0 Å². The fourth-order valence-corrected chi connectivity index (χ4v) is 1.53. The van der Waals surface area contributed by atoms with Gasteiger partial charge in [-0.1, -0.05) is 6.07 Å². The molecule has 0 fully saturated rings. The number of nitrogens with two attached hydrogens (primary N) is 1. The number of halogens is 4. The minimum absolute atomic E-state index is 0.636. The van der Waals surface area contributed by atoms with Crippen LogP contribution in [0.5, 0.6) is 5.75 Å². The molecule has 0 atom stereocenters. The van der Waals surface area contributed by atoms with E-state index in [4.69, 9.17) is 0 Å². The number of hydrogen-bond acceptors (Lipinski definition) is 3. The van der Waals surface area contributed by atoms with Gasteiger partial charge in [0.05, 0.1) is 0 Å². The zero-order chi connectivity index (χ0) is 12.6. The zero-order valence-corrected chi connectivity index (χ0v) is 8.27. The summed E-state index contributed by atoms with van der Waals surface area (Å²) in [5, 5.41) is 4.59. The van der Waals surface area contributed by atoms with Gasteiger partial charge in [-0.2, -0.15) is 0 Å². The molecule has 0 aromatic heterocycles. The standard InChI is InChI=1S/C7H5F4NO3S/c8-6-4(15-7(9,10)11)2-1-3-5(6)16(12,13)14/h1-3H,(H2,12,13,14). The van der Waals surface area contributed by atoms with Gasteiger partial charge in [-0.3, -0.25) is 0 Å². The molecule has 1 aromatic carbocycles. The van der Waals surface area contributed by atoms with E-state index in [1.807, 2.05) is 0 Å². The third-order valence-electron chi connectivity index (χ3n) is 1.46. The Morgan fingerprint density at radius 3 is 2.25 bits per heavy atom. The fourth-order valence-electron chi connectivity index (χ4n) is 0.914. The molecule has 0 unspecified atom stereocenters. The van der Waals surface area contributed by atoms with E-state index in [2.05, 4.69) is 9.88 Å². The normalized spacial score (nSPS) is 12.6. The second-order valence-corrected chi connectivity index (χ2v) is 4.19. The van der Waals surface area contributed by atoms with E-state index in [1.54, 1.807) is 0 Å². The SMILES string of the molecule is NS(=O)(=O)c1cccc(OC(F)(F)F)c1F. The highest BCUT2D eigenvalue weighted by Crippen LogP contribution is 2.28. The Bertz CT molecular complexity index is 497. The Labute approximate surface area is 87.7 Å². The summed E-state index contributed by atoms with van der Waals surface area (Å²) in [6.07, 6.45) is -5.11. The molecule has 0 saturated heterocycles. The summed E-state index contributed by atoms with van der Waals surface area (Å²) in [7, 11) is -4.43. The lowest BCUT2D eigenvalue weighted by Crippen LogP contribution is -2.20. The van der Waals surface area contributed by atoms with Crippen LogP contribution in [0.2, 0.25) is 0 Å². The Hall–Kier alpha value is -1.35. The first-order chi connectivity index (χ1) is 7.11. The van der Waals surface area contributed by atoms with Crippen LogP contribution >= 0.6 is 0 Å². The predicted octanol–water partition coefficient (Wildman–Crippen LogP) is 1.37. The quantitative estimate of drug-likeness (QED) is 0.815.